The monoisotopic (exact) mass is 235 g/mol. The van der Waals surface area contributed by atoms with E-state index in [1.807, 2.05) is 26.1 Å². The Morgan fingerprint density at radius 3 is 2.24 bits per heavy atom. The molecule has 1 heteroatoms. The second-order valence-electron chi connectivity index (χ2n) is 4.71. The van der Waals surface area contributed by atoms with Crippen LogP contribution in [0, 0.1) is 5.92 Å². The van der Waals surface area contributed by atoms with E-state index >= 15 is 0 Å². The molecule has 0 aliphatic carbocycles. The third kappa shape index (κ3) is 7.14. The van der Waals surface area contributed by atoms with Crippen LogP contribution in [-0.4, -0.2) is 4.98 Å². The highest BCUT2D eigenvalue weighted by molar-refractivity contribution is 5.09. The van der Waals surface area contributed by atoms with Gasteiger partial charge in [-0.3, -0.25) is 4.98 Å². The molecular weight excluding hydrogens is 206 g/mol. The van der Waals surface area contributed by atoms with Gasteiger partial charge in [-0.05, 0) is 30.9 Å². The highest BCUT2D eigenvalue weighted by Gasteiger charge is 2.11. The molecular formula is C16H29N. The quantitative estimate of drug-likeness (QED) is 0.641. The number of nitrogens with zero attached hydrogens (tertiary/aromatic N) is 1. The highest BCUT2D eigenvalue weighted by atomic mass is 14.7. The molecule has 0 amide bonds. The molecule has 1 aromatic heterocycles. The van der Waals surface area contributed by atoms with Gasteiger partial charge in [-0.15, -0.1) is 0 Å². The second kappa shape index (κ2) is 10.3. The molecule has 1 rings (SSSR count). The lowest BCUT2D eigenvalue weighted by molar-refractivity contribution is 0.472. The molecule has 0 bridgehead atoms. The van der Waals surface area contributed by atoms with E-state index in [-0.39, 0.29) is 0 Å². The van der Waals surface area contributed by atoms with Crippen LogP contribution in [0.1, 0.15) is 71.9 Å². The maximum Gasteiger partial charge on any atom is 0.0434 e. The standard InChI is InChI=1S/C14H23N.C2H6/c1-4-7-13(10-9-12(2)3)14-8-5-6-11-15-14;1-2/h5-6,8,11-13H,4,7,9-10H2,1-3H3;1-2H3. The van der Waals surface area contributed by atoms with Crippen LogP contribution in [0.3, 0.4) is 0 Å². The van der Waals surface area contributed by atoms with Gasteiger partial charge in [0.25, 0.3) is 0 Å². The molecule has 1 heterocycles. The van der Waals surface area contributed by atoms with Crippen LogP contribution in [0.4, 0.5) is 0 Å². The zero-order valence-corrected chi connectivity index (χ0v) is 12.2. The topological polar surface area (TPSA) is 12.9 Å². The van der Waals surface area contributed by atoms with E-state index in [4.69, 9.17) is 0 Å². The SMILES string of the molecule is CC.CCCC(CCC(C)C)c1ccccn1. The fourth-order valence-corrected chi connectivity index (χ4v) is 1.94. The maximum absolute atomic E-state index is 4.48. The van der Waals surface area contributed by atoms with E-state index in [1.165, 1.54) is 31.4 Å². The van der Waals surface area contributed by atoms with Crippen molar-refractivity contribution in [2.24, 2.45) is 5.92 Å². The normalized spacial score (nSPS) is 11.9. The average molecular weight is 235 g/mol. The van der Waals surface area contributed by atoms with Gasteiger partial charge in [0.1, 0.15) is 0 Å². The first-order valence-corrected chi connectivity index (χ1v) is 7.15. The number of hydrogen-bond donors (Lipinski definition) is 0. The molecule has 0 radical (unpaired) electrons. The molecule has 0 spiro atoms. The molecule has 0 saturated carbocycles. The van der Waals surface area contributed by atoms with E-state index in [2.05, 4.69) is 37.9 Å². The fraction of sp³-hybridized carbons (Fsp3) is 0.688. The third-order valence-electron chi connectivity index (χ3n) is 2.84. The molecule has 1 atom stereocenters. The maximum atomic E-state index is 4.48. The predicted molar refractivity (Wildman–Crippen MR) is 77.3 cm³/mol. The first-order chi connectivity index (χ1) is 8.24. The Kier molecular flexibility index (Phi) is 9.80. The Hall–Kier alpha value is -0.850. The molecule has 98 valence electrons. The summed E-state index contributed by atoms with van der Waals surface area (Å²) in [6, 6.07) is 6.26. The largest absolute Gasteiger partial charge is 0.261 e. The minimum Gasteiger partial charge on any atom is -0.261 e. The van der Waals surface area contributed by atoms with Gasteiger partial charge in [-0.1, -0.05) is 53.5 Å². The van der Waals surface area contributed by atoms with E-state index in [1.54, 1.807) is 0 Å². The summed E-state index contributed by atoms with van der Waals surface area (Å²) in [4.78, 5) is 4.48. The van der Waals surface area contributed by atoms with Crippen molar-refractivity contribution in [3.8, 4) is 0 Å². The fourth-order valence-electron chi connectivity index (χ4n) is 1.94. The molecule has 1 nitrogen and oxygen atoms in total. The summed E-state index contributed by atoms with van der Waals surface area (Å²) < 4.78 is 0. The van der Waals surface area contributed by atoms with E-state index < -0.39 is 0 Å². The van der Waals surface area contributed by atoms with Gasteiger partial charge < -0.3 is 0 Å². The van der Waals surface area contributed by atoms with Crippen molar-refractivity contribution in [2.45, 2.75) is 66.2 Å². The van der Waals surface area contributed by atoms with Crippen LogP contribution in [-0.2, 0) is 0 Å². The molecule has 1 unspecified atom stereocenters. The molecule has 0 saturated heterocycles. The number of aromatic nitrogens is 1. The Labute approximate surface area is 108 Å². The predicted octanol–water partition coefficient (Wildman–Crippen LogP) is 5.43. The van der Waals surface area contributed by atoms with Crippen LogP contribution in [0.2, 0.25) is 0 Å². The Morgan fingerprint density at radius 2 is 1.76 bits per heavy atom. The summed E-state index contributed by atoms with van der Waals surface area (Å²) in [7, 11) is 0. The first-order valence-electron chi connectivity index (χ1n) is 7.15. The van der Waals surface area contributed by atoms with Gasteiger partial charge in [0, 0.05) is 17.8 Å². The number of pyridine rings is 1. The number of hydrogen-bond acceptors (Lipinski definition) is 1. The zero-order valence-electron chi connectivity index (χ0n) is 12.2. The van der Waals surface area contributed by atoms with Crippen LogP contribution < -0.4 is 0 Å². The van der Waals surface area contributed by atoms with E-state index in [0.29, 0.717) is 5.92 Å². The lowest BCUT2D eigenvalue weighted by atomic mass is 9.91. The van der Waals surface area contributed by atoms with Crippen LogP contribution in [0.25, 0.3) is 0 Å². The molecule has 0 N–H and O–H groups in total. The van der Waals surface area contributed by atoms with Gasteiger partial charge in [0.15, 0.2) is 0 Å². The number of rotatable bonds is 6. The van der Waals surface area contributed by atoms with Crippen molar-refractivity contribution in [2.75, 3.05) is 0 Å². The van der Waals surface area contributed by atoms with Crippen molar-refractivity contribution in [3.63, 3.8) is 0 Å². The second-order valence-corrected chi connectivity index (χ2v) is 4.71. The van der Waals surface area contributed by atoms with Gasteiger partial charge in [0.05, 0.1) is 0 Å². The minimum absolute atomic E-state index is 0.665. The lowest BCUT2D eigenvalue weighted by Gasteiger charge is -2.16. The Bertz CT molecular complexity index is 253. The lowest BCUT2D eigenvalue weighted by Crippen LogP contribution is -2.03. The van der Waals surface area contributed by atoms with Gasteiger partial charge >= 0.3 is 0 Å². The van der Waals surface area contributed by atoms with Gasteiger partial charge in [-0.25, -0.2) is 0 Å². The van der Waals surface area contributed by atoms with E-state index in [0.717, 1.165) is 5.92 Å². The molecule has 0 aromatic carbocycles. The highest BCUT2D eigenvalue weighted by Crippen LogP contribution is 2.26. The minimum atomic E-state index is 0.665. The molecule has 0 fully saturated rings. The summed E-state index contributed by atoms with van der Waals surface area (Å²) in [6.07, 6.45) is 7.01. The summed E-state index contributed by atoms with van der Waals surface area (Å²) in [5.41, 5.74) is 1.28. The average Bonchev–Trinajstić information content (AvgIpc) is 2.38. The van der Waals surface area contributed by atoms with Gasteiger partial charge in [-0.2, -0.15) is 0 Å². The molecule has 1 aromatic rings. The van der Waals surface area contributed by atoms with Crippen molar-refractivity contribution in [1.29, 1.82) is 0 Å². The Balaban J connectivity index is 0.00000121. The summed E-state index contributed by atoms with van der Waals surface area (Å²) >= 11 is 0. The van der Waals surface area contributed by atoms with E-state index in [9.17, 15) is 0 Å². The van der Waals surface area contributed by atoms with Crippen molar-refractivity contribution in [1.82, 2.24) is 4.98 Å². The molecule has 17 heavy (non-hydrogen) atoms. The third-order valence-corrected chi connectivity index (χ3v) is 2.84. The van der Waals surface area contributed by atoms with Gasteiger partial charge in [0.2, 0.25) is 0 Å². The first kappa shape index (κ1) is 16.1. The van der Waals surface area contributed by atoms with Crippen molar-refractivity contribution >= 4 is 0 Å². The smallest absolute Gasteiger partial charge is 0.0434 e. The van der Waals surface area contributed by atoms with Crippen LogP contribution in [0.5, 0.6) is 0 Å². The van der Waals surface area contributed by atoms with Crippen molar-refractivity contribution in [3.05, 3.63) is 30.1 Å². The van der Waals surface area contributed by atoms with Crippen molar-refractivity contribution < 1.29 is 0 Å². The van der Waals surface area contributed by atoms with Crippen LogP contribution in [0.15, 0.2) is 24.4 Å². The molecule has 0 aliphatic heterocycles. The zero-order chi connectivity index (χ0) is 13.1. The van der Waals surface area contributed by atoms with Crippen LogP contribution >= 0.6 is 0 Å². The summed E-state index contributed by atoms with van der Waals surface area (Å²) in [5, 5.41) is 0. The summed E-state index contributed by atoms with van der Waals surface area (Å²) in [5.74, 6) is 1.46. The Morgan fingerprint density at radius 1 is 1.06 bits per heavy atom. The molecule has 0 aliphatic rings. The summed E-state index contributed by atoms with van der Waals surface area (Å²) in [6.45, 7) is 10.8.